The summed E-state index contributed by atoms with van der Waals surface area (Å²) < 4.78 is 47.7. The van der Waals surface area contributed by atoms with Gasteiger partial charge in [-0.2, -0.15) is 0 Å². The molecular weight excluding hydrogens is 1020 g/mol. The smallest absolute Gasteiger partial charge is 0.407 e. The summed E-state index contributed by atoms with van der Waals surface area (Å²) in [6.07, 6.45) is -0.466. The second-order valence-electron chi connectivity index (χ2n) is 21.7. The number of carbonyl (C=O) groups excluding carboxylic acids is 5. The van der Waals surface area contributed by atoms with E-state index >= 15 is 0 Å². The zero-order valence-electron chi connectivity index (χ0n) is 46.0. The molecule has 420 valence electrons. The minimum absolute atomic E-state index is 0.0108. The Hall–Kier alpha value is -7.52. The maximum absolute atomic E-state index is 14.3. The number of carboxylic acid groups (broad SMARTS) is 1. The van der Waals surface area contributed by atoms with E-state index in [2.05, 4.69) is 36.3 Å². The van der Waals surface area contributed by atoms with Crippen molar-refractivity contribution in [2.45, 2.75) is 141 Å². The van der Waals surface area contributed by atoms with Crippen molar-refractivity contribution in [3.8, 4) is 16.9 Å². The van der Waals surface area contributed by atoms with Crippen LogP contribution in [0.5, 0.6) is 5.75 Å². The van der Waals surface area contributed by atoms with Crippen LogP contribution in [0.15, 0.2) is 88.8 Å². The summed E-state index contributed by atoms with van der Waals surface area (Å²) in [5.41, 5.74) is 12.1. The second kappa shape index (κ2) is 25.3. The van der Waals surface area contributed by atoms with Gasteiger partial charge >= 0.3 is 12.1 Å². The van der Waals surface area contributed by atoms with E-state index in [1.54, 1.807) is 85.7 Å². The summed E-state index contributed by atoms with van der Waals surface area (Å²) in [4.78, 5) is 85.5. The van der Waals surface area contributed by atoms with Crippen molar-refractivity contribution < 1.29 is 56.5 Å². The zero-order chi connectivity index (χ0) is 57.3. The fourth-order valence-electron chi connectivity index (χ4n) is 9.57. The van der Waals surface area contributed by atoms with Crippen LogP contribution in [0.3, 0.4) is 0 Å². The van der Waals surface area contributed by atoms with E-state index in [0.717, 1.165) is 27.8 Å². The lowest BCUT2D eigenvalue weighted by atomic mass is 9.94. The molecule has 1 aliphatic carbocycles. The number of guanidine groups is 1. The Morgan fingerprint density at radius 2 is 1.38 bits per heavy atom. The number of nitrogens with one attached hydrogen (secondary N) is 6. The number of alkyl carbamates (subject to hydrolysis) is 1. The molecule has 6 rings (SSSR count). The number of fused-ring (bicyclic) bond motifs is 4. The maximum atomic E-state index is 14.3. The standard InChI is InChI=1S/C57H74N8O12S/c1-32(2)47(52(69)63-45(31-76-56(6,7)8)51(68)62-44(53(70)71)27-36-19-12-11-13-20-36)64-50(67)43(61-46(66)29-60-55(72)75-30-42-39-23-16-14-21-37(39)38-22-15-17-24-40(38)42)25-18-26-59-54(58)65-78(73,74)49-34(4)33(3)48-41(35(49)5)28-57(9,10)77-48/h11-17,19-24,32,42-45,47H,18,25-31H2,1-10H3,(H,60,72)(H,61,66)(H,62,68)(H,63,69)(H,64,67)(H,70,71)(H3,58,59,65). The van der Waals surface area contributed by atoms with E-state index in [4.69, 9.17) is 19.9 Å². The van der Waals surface area contributed by atoms with Crippen LogP contribution in [0, 0.1) is 26.7 Å². The molecule has 1 heterocycles. The normalized spacial score (nSPS) is 15.3. The summed E-state index contributed by atoms with van der Waals surface area (Å²) in [5.74, 6) is -5.14. The first kappa shape index (κ1) is 59.7. The van der Waals surface area contributed by atoms with Crippen molar-refractivity contribution in [1.82, 2.24) is 31.3 Å². The largest absolute Gasteiger partial charge is 0.487 e. The van der Waals surface area contributed by atoms with Gasteiger partial charge in [0.1, 0.15) is 48.7 Å². The van der Waals surface area contributed by atoms with Crippen LogP contribution in [0.25, 0.3) is 11.1 Å². The van der Waals surface area contributed by atoms with Crippen LogP contribution in [0.4, 0.5) is 4.79 Å². The number of sulfonamides is 1. The Labute approximate surface area is 456 Å². The van der Waals surface area contributed by atoms with E-state index in [1.807, 2.05) is 62.4 Å². The lowest BCUT2D eigenvalue weighted by Crippen LogP contribution is -2.60. The fraction of sp³-hybridized carbons (Fsp3) is 0.456. The van der Waals surface area contributed by atoms with E-state index in [9.17, 15) is 42.3 Å². The third-order valence-electron chi connectivity index (χ3n) is 13.6. The molecule has 0 bridgehead atoms. The number of rotatable bonds is 23. The average molecular weight is 1100 g/mol. The van der Waals surface area contributed by atoms with Gasteiger partial charge in [-0.15, -0.1) is 0 Å². The van der Waals surface area contributed by atoms with Gasteiger partial charge in [0.25, 0.3) is 10.0 Å². The monoisotopic (exact) mass is 1090 g/mol. The molecule has 2 aliphatic rings. The highest BCUT2D eigenvalue weighted by molar-refractivity contribution is 7.90. The number of nitrogens with two attached hydrogens (primary N) is 1. The third-order valence-corrected chi connectivity index (χ3v) is 15.2. The summed E-state index contributed by atoms with van der Waals surface area (Å²) in [6.45, 7) is 16.5. The second-order valence-corrected chi connectivity index (χ2v) is 23.3. The number of hydrogen-bond acceptors (Lipinski definition) is 12. The van der Waals surface area contributed by atoms with Crippen molar-refractivity contribution in [3.05, 3.63) is 118 Å². The molecule has 0 radical (unpaired) electrons. The van der Waals surface area contributed by atoms with Crippen LogP contribution in [-0.2, 0) is 56.3 Å². The van der Waals surface area contributed by atoms with Gasteiger partial charge in [0.15, 0.2) is 0 Å². The Morgan fingerprint density at radius 1 is 0.795 bits per heavy atom. The first-order valence-corrected chi connectivity index (χ1v) is 27.5. The molecular formula is C57H74N8O12S. The quantitative estimate of drug-likeness (QED) is 0.0277. The SMILES string of the molecule is Cc1c(C)c(S(=O)(=O)NC(N)=NCCCC(NC(=O)CNC(=O)OCC2c3ccccc3-c3ccccc32)C(=O)NC(C(=O)NC(COC(C)(C)C)C(=O)NC(Cc2ccccc2)C(=O)O)C(C)C)c(C)c2c1OC(C)(C)C2. The molecule has 0 aromatic heterocycles. The predicted octanol–water partition coefficient (Wildman–Crippen LogP) is 4.97. The van der Waals surface area contributed by atoms with Gasteiger partial charge in [-0.05, 0) is 119 Å². The van der Waals surface area contributed by atoms with E-state index in [0.29, 0.717) is 34.4 Å². The van der Waals surface area contributed by atoms with Crippen LogP contribution in [0.2, 0.25) is 0 Å². The molecule has 20 nitrogen and oxygen atoms in total. The topological polar surface area (TPSA) is 295 Å². The number of carboxylic acids is 1. The molecule has 4 aromatic carbocycles. The number of aliphatic carboxylic acids is 1. The molecule has 21 heteroatoms. The Balaban J connectivity index is 1.15. The first-order valence-electron chi connectivity index (χ1n) is 26.0. The highest BCUT2D eigenvalue weighted by Gasteiger charge is 2.38. The van der Waals surface area contributed by atoms with Crippen LogP contribution < -0.4 is 41.8 Å². The molecule has 1 aliphatic heterocycles. The molecule has 4 unspecified atom stereocenters. The van der Waals surface area contributed by atoms with Gasteiger partial charge in [0.05, 0.1) is 17.1 Å². The summed E-state index contributed by atoms with van der Waals surface area (Å²) >= 11 is 0. The summed E-state index contributed by atoms with van der Waals surface area (Å²) in [7, 11) is -4.24. The number of benzene rings is 4. The van der Waals surface area contributed by atoms with Crippen molar-refractivity contribution in [2.24, 2.45) is 16.6 Å². The van der Waals surface area contributed by atoms with E-state index in [-0.39, 0.29) is 49.8 Å². The Bertz CT molecular complexity index is 2980. The first-order chi connectivity index (χ1) is 36.7. The third kappa shape index (κ3) is 15.4. The highest BCUT2D eigenvalue weighted by atomic mass is 32.2. The zero-order valence-corrected chi connectivity index (χ0v) is 46.8. The van der Waals surface area contributed by atoms with Gasteiger partial charge in [0, 0.05) is 30.9 Å². The van der Waals surface area contributed by atoms with Crippen molar-refractivity contribution in [3.63, 3.8) is 0 Å². The van der Waals surface area contributed by atoms with Crippen LogP contribution in [-0.4, -0.2) is 117 Å². The summed E-state index contributed by atoms with van der Waals surface area (Å²) in [6, 6.07) is 18.9. The highest BCUT2D eigenvalue weighted by Crippen LogP contribution is 2.45. The molecule has 0 saturated carbocycles. The lowest BCUT2D eigenvalue weighted by molar-refractivity contribution is -0.143. The van der Waals surface area contributed by atoms with Crippen molar-refractivity contribution in [2.75, 3.05) is 26.3 Å². The fourth-order valence-corrected chi connectivity index (χ4v) is 11.1. The molecule has 0 saturated heterocycles. The number of aliphatic imine (C=N–C) groups is 1. The molecule has 4 atom stereocenters. The number of nitrogens with zero attached hydrogens (tertiary/aromatic N) is 1. The van der Waals surface area contributed by atoms with Crippen molar-refractivity contribution in [1.29, 1.82) is 0 Å². The maximum Gasteiger partial charge on any atom is 0.407 e. The van der Waals surface area contributed by atoms with Gasteiger partial charge < -0.3 is 51.6 Å². The lowest BCUT2D eigenvalue weighted by Gasteiger charge is -2.29. The molecule has 0 fully saturated rings. The Kier molecular flexibility index (Phi) is 19.4. The van der Waals surface area contributed by atoms with Crippen LogP contribution >= 0.6 is 0 Å². The van der Waals surface area contributed by atoms with Crippen LogP contribution in [0.1, 0.15) is 106 Å². The molecule has 9 N–H and O–H groups in total. The average Bonchev–Trinajstić information content (AvgIpc) is 3.89. The molecule has 0 spiro atoms. The number of carbonyl (C=O) groups is 6. The van der Waals surface area contributed by atoms with Gasteiger partial charge in [-0.25, -0.2) is 22.7 Å². The predicted molar refractivity (Wildman–Crippen MR) is 294 cm³/mol. The molecule has 4 aromatic rings. The number of ether oxygens (including phenoxy) is 3. The van der Waals surface area contributed by atoms with E-state index < -0.39 is 99.5 Å². The van der Waals surface area contributed by atoms with Gasteiger partial charge in [-0.1, -0.05) is 92.7 Å². The van der Waals surface area contributed by atoms with Gasteiger partial charge in [0.2, 0.25) is 29.6 Å². The number of amides is 5. The van der Waals surface area contributed by atoms with E-state index in [1.165, 1.54) is 0 Å². The number of hydrogen-bond donors (Lipinski definition) is 8. The molecule has 5 amide bonds. The van der Waals surface area contributed by atoms with Crippen molar-refractivity contribution >= 4 is 51.7 Å². The Morgan fingerprint density at radius 3 is 1.99 bits per heavy atom. The molecule has 78 heavy (non-hydrogen) atoms. The minimum Gasteiger partial charge on any atom is -0.487 e. The summed E-state index contributed by atoms with van der Waals surface area (Å²) in [5, 5.41) is 23.0. The minimum atomic E-state index is -4.24. The van der Waals surface area contributed by atoms with Gasteiger partial charge in [-0.3, -0.25) is 24.2 Å².